The van der Waals surface area contributed by atoms with E-state index >= 15 is 0 Å². The highest BCUT2D eigenvalue weighted by Crippen LogP contribution is 2.35. The van der Waals surface area contributed by atoms with Gasteiger partial charge in [0.05, 0.1) is 18.8 Å². The second kappa shape index (κ2) is 8.34. The number of rotatable bonds is 7. The van der Waals surface area contributed by atoms with Crippen molar-refractivity contribution in [1.29, 1.82) is 0 Å². The van der Waals surface area contributed by atoms with Crippen molar-refractivity contribution in [3.8, 4) is 11.5 Å². The number of ether oxygens (including phenoxy) is 2. The summed E-state index contributed by atoms with van der Waals surface area (Å²) in [5.74, 6) is 1.76. The highest BCUT2D eigenvalue weighted by atomic mass is 35.5. The van der Waals surface area contributed by atoms with Crippen molar-refractivity contribution >= 4 is 23.0 Å². The first kappa shape index (κ1) is 17.7. The van der Waals surface area contributed by atoms with Crippen LogP contribution in [-0.2, 0) is 0 Å². The molecule has 2 aromatic carbocycles. The van der Waals surface area contributed by atoms with Crippen molar-refractivity contribution in [1.82, 2.24) is 0 Å². The number of halogens is 1. The number of nitrogens with zero attached hydrogens (tertiary/aromatic N) is 1. The fraction of sp³-hybridized carbons (Fsp3) is 0.400. The van der Waals surface area contributed by atoms with Crippen LogP contribution in [0, 0.1) is 0 Å². The van der Waals surface area contributed by atoms with Gasteiger partial charge in [0.2, 0.25) is 0 Å². The molecule has 1 heterocycles. The number of hydrogen-bond acceptors (Lipinski definition) is 4. The van der Waals surface area contributed by atoms with E-state index in [1.165, 1.54) is 0 Å². The molecule has 4 nitrogen and oxygen atoms in total. The van der Waals surface area contributed by atoms with Crippen molar-refractivity contribution in [2.75, 3.05) is 30.3 Å². The predicted molar refractivity (Wildman–Crippen MR) is 104 cm³/mol. The Morgan fingerprint density at radius 1 is 1.20 bits per heavy atom. The van der Waals surface area contributed by atoms with Gasteiger partial charge in [-0.3, -0.25) is 0 Å². The average molecular weight is 361 g/mol. The molecular weight excluding hydrogens is 336 g/mol. The number of unbranched alkanes of at least 4 members (excludes halogenated alkanes) is 1. The number of anilines is 2. The number of nitrogen functional groups attached to an aromatic ring is 1. The van der Waals surface area contributed by atoms with E-state index in [1.807, 2.05) is 36.4 Å². The molecular formula is C20H25ClN2O2. The Bertz CT molecular complexity index is 691. The van der Waals surface area contributed by atoms with Crippen LogP contribution < -0.4 is 20.1 Å². The molecule has 0 bridgehead atoms. The van der Waals surface area contributed by atoms with Gasteiger partial charge >= 0.3 is 0 Å². The molecule has 134 valence electrons. The summed E-state index contributed by atoms with van der Waals surface area (Å²) in [6, 6.07) is 13.4. The second-order valence-corrected chi connectivity index (χ2v) is 6.77. The molecule has 2 N–H and O–H groups in total. The lowest BCUT2D eigenvalue weighted by atomic mass is 10.1. The fourth-order valence-corrected chi connectivity index (χ4v) is 3.12. The number of fused-ring (bicyclic) bond motifs is 1. The predicted octanol–water partition coefficient (Wildman–Crippen LogP) is 4.76. The lowest BCUT2D eigenvalue weighted by Gasteiger charge is -2.36. The molecule has 0 aromatic heterocycles. The minimum atomic E-state index is 0.222. The van der Waals surface area contributed by atoms with Gasteiger partial charge in [-0.2, -0.15) is 0 Å². The number of hydrogen-bond donors (Lipinski definition) is 1. The quantitative estimate of drug-likeness (QED) is 0.571. The highest BCUT2D eigenvalue weighted by molar-refractivity contribution is 6.30. The zero-order valence-electron chi connectivity index (χ0n) is 14.6. The minimum absolute atomic E-state index is 0.222. The largest absolute Gasteiger partial charge is 0.494 e. The van der Waals surface area contributed by atoms with E-state index in [9.17, 15) is 0 Å². The Morgan fingerprint density at radius 3 is 2.76 bits per heavy atom. The Morgan fingerprint density at radius 2 is 2.00 bits per heavy atom. The van der Waals surface area contributed by atoms with Gasteiger partial charge in [0.1, 0.15) is 17.6 Å². The Labute approximate surface area is 154 Å². The zero-order chi connectivity index (χ0) is 17.6. The SMILES string of the molecule is CCC1CN(CCCCOc2ccc(Cl)cc2)c2ccc(N)cc2O1. The summed E-state index contributed by atoms with van der Waals surface area (Å²) in [5.41, 5.74) is 7.77. The topological polar surface area (TPSA) is 47.7 Å². The van der Waals surface area contributed by atoms with Crippen molar-refractivity contribution in [3.05, 3.63) is 47.5 Å². The lowest BCUT2D eigenvalue weighted by Crippen LogP contribution is -2.40. The Kier molecular flexibility index (Phi) is 5.92. The van der Waals surface area contributed by atoms with Crippen LogP contribution in [0.1, 0.15) is 26.2 Å². The monoisotopic (exact) mass is 360 g/mol. The molecule has 0 aliphatic carbocycles. The van der Waals surface area contributed by atoms with E-state index in [0.717, 1.165) is 60.2 Å². The van der Waals surface area contributed by atoms with Crippen molar-refractivity contribution in [3.63, 3.8) is 0 Å². The maximum Gasteiger partial charge on any atom is 0.145 e. The average Bonchev–Trinajstić information content (AvgIpc) is 2.62. The van der Waals surface area contributed by atoms with Crippen LogP contribution in [0.5, 0.6) is 11.5 Å². The fourth-order valence-electron chi connectivity index (χ4n) is 3.00. The third kappa shape index (κ3) is 4.73. The molecule has 2 aromatic rings. The summed E-state index contributed by atoms with van der Waals surface area (Å²) in [6.45, 7) is 4.77. The molecule has 1 atom stereocenters. The molecule has 0 amide bonds. The van der Waals surface area contributed by atoms with Crippen molar-refractivity contribution in [2.45, 2.75) is 32.3 Å². The molecule has 5 heteroatoms. The third-order valence-corrected chi connectivity index (χ3v) is 4.65. The molecule has 1 aliphatic rings. The second-order valence-electron chi connectivity index (χ2n) is 6.33. The van der Waals surface area contributed by atoms with E-state index in [0.29, 0.717) is 6.61 Å². The molecule has 0 radical (unpaired) electrons. The summed E-state index contributed by atoms with van der Waals surface area (Å²) in [6.07, 6.45) is 3.28. The van der Waals surface area contributed by atoms with Gasteiger partial charge in [0.15, 0.2) is 0 Å². The van der Waals surface area contributed by atoms with Crippen LogP contribution in [-0.4, -0.2) is 25.8 Å². The first-order valence-electron chi connectivity index (χ1n) is 8.85. The van der Waals surface area contributed by atoms with Gasteiger partial charge in [-0.15, -0.1) is 0 Å². The van der Waals surface area contributed by atoms with Crippen LogP contribution in [0.2, 0.25) is 5.02 Å². The standard InChI is InChI=1S/C20H25ClN2O2/c1-2-17-14-23(19-10-7-16(22)13-20(19)25-17)11-3-4-12-24-18-8-5-15(21)6-9-18/h5-10,13,17H,2-4,11-12,14,22H2,1H3. The summed E-state index contributed by atoms with van der Waals surface area (Å²) in [5, 5.41) is 0.726. The first-order chi connectivity index (χ1) is 12.2. The highest BCUT2D eigenvalue weighted by Gasteiger charge is 2.24. The van der Waals surface area contributed by atoms with E-state index < -0.39 is 0 Å². The van der Waals surface area contributed by atoms with Crippen molar-refractivity contribution < 1.29 is 9.47 Å². The molecule has 25 heavy (non-hydrogen) atoms. The zero-order valence-corrected chi connectivity index (χ0v) is 15.3. The molecule has 1 aliphatic heterocycles. The van der Waals surface area contributed by atoms with E-state index in [2.05, 4.69) is 17.9 Å². The molecule has 0 saturated heterocycles. The summed E-state index contributed by atoms with van der Waals surface area (Å²) in [7, 11) is 0. The van der Waals surface area contributed by atoms with Crippen LogP contribution >= 0.6 is 11.6 Å². The van der Waals surface area contributed by atoms with Crippen LogP contribution in [0.4, 0.5) is 11.4 Å². The Balaban J connectivity index is 1.50. The maximum atomic E-state index is 6.03. The molecule has 0 fully saturated rings. The van der Waals surface area contributed by atoms with Gasteiger partial charge < -0.3 is 20.1 Å². The smallest absolute Gasteiger partial charge is 0.145 e. The molecule has 1 unspecified atom stereocenters. The first-order valence-corrected chi connectivity index (χ1v) is 9.23. The minimum Gasteiger partial charge on any atom is -0.494 e. The maximum absolute atomic E-state index is 6.03. The van der Waals surface area contributed by atoms with Crippen LogP contribution in [0.15, 0.2) is 42.5 Å². The van der Waals surface area contributed by atoms with Gasteiger partial charge in [0, 0.05) is 23.3 Å². The normalized spacial score (nSPS) is 16.2. The summed E-state index contributed by atoms with van der Waals surface area (Å²) >= 11 is 5.88. The number of benzene rings is 2. The molecule has 3 rings (SSSR count). The Hall–Kier alpha value is -2.07. The summed E-state index contributed by atoms with van der Waals surface area (Å²) in [4.78, 5) is 2.40. The van der Waals surface area contributed by atoms with E-state index in [4.69, 9.17) is 26.8 Å². The van der Waals surface area contributed by atoms with Crippen molar-refractivity contribution in [2.24, 2.45) is 0 Å². The van der Waals surface area contributed by atoms with E-state index in [-0.39, 0.29) is 6.10 Å². The lowest BCUT2D eigenvalue weighted by molar-refractivity contribution is 0.189. The van der Waals surface area contributed by atoms with Gasteiger partial charge in [-0.25, -0.2) is 0 Å². The van der Waals surface area contributed by atoms with Gasteiger partial charge in [-0.05, 0) is 55.7 Å². The van der Waals surface area contributed by atoms with Crippen LogP contribution in [0.25, 0.3) is 0 Å². The summed E-state index contributed by atoms with van der Waals surface area (Å²) < 4.78 is 11.8. The third-order valence-electron chi connectivity index (χ3n) is 4.40. The van der Waals surface area contributed by atoms with Gasteiger partial charge in [-0.1, -0.05) is 18.5 Å². The molecule has 0 spiro atoms. The number of nitrogens with two attached hydrogens (primary N) is 1. The van der Waals surface area contributed by atoms with Crippen LogP contribution in [0.3, 0.4) is 0 Å². The molecule has 0 saturated carbocycles. The van der Waals surface area contributed by atoms with E-state index in [1.54, 1.807) is 0 Å². The van der Waals surface area contributed by atoms with Gasteiger partial charge in [0.25, 0.3) is 0 Å².